The number of ether oxygens (including phenoxy) is 1. The summed E-state index contributed by atoms with van der Waals surface area (Å²) < 4.78 is 30.0. The summed E-state index contributed by atoms with van der Waals surface area (Å²) in [6.45, 7) is -0.158. The number of hydrogen-bond donors (Lipinski definition) is 2. The molecule has 1 amide bonds. The van der Waals surface area contributed by atoms with Gasteiger partial charge in [0.05, 0.1) is 18.5 Å². The summed E-state index contributed by atoms with van der Waals surface area (Å²) in [6, 6.07) is 4.52. The van der Waals surface area contributed by atoms with Crippen LogP contribution in [0.3, 0.4) is 0 Å². The maximum atomic E-state index is 11.8. The fourth-order valence-electron chi connectivity index (χ4n) is 1.77. The van der Waals surface area contributed by atoms with Gasteiger partial charge in [-0.1, -0.05) is 11.6 Å². The van der Waals surface area contributed by atoms with Crippen LogP contribution in [0.25, 0.3) is 0 Å². The number of amides is 1. The molecule has 0 unspecified atom stereocenters. The van der Waals surface area contributed by atoms with E-state index in [-0.39, 0.29) is 12.3 Å². The van der Waals surface area contributed by atoms with Gasteiger partial charge in [0.2, 0.25) is 10.0 Å². The molecule has 1 heterocycles. The summed E-state index contributed by atoms with van der Waals surface area (Å²) in [6.07, 6.45) is 0.0360. The second-order valence-corrected chi connectivity index (χ2v) is 6.36. The summed E-state index contributed by atoms with van der Waals surface area (Å²) in [4.78, 5) is 11.5. The normalized spacial score (nSPS) is 18.5. The van der Waals surface area contributed by atoms with Crippen LogP contribution in [-0.4, -0.2) is 33.2 Å². The van der Waals surface area contributed by atoms with Gasteiger partial charge < -0.3 is 4.74 Å². The standard InChI is InChI=1S/C10H12ClN3O4S/c1-19(16,17)14-5-9(10(15)13-12)18-8-3-2-6(11)4-7(8)14/h2-4,9H,5,12H2,1H3,(H,13,15)/t9-/m0/s1. The maximum absolute atomic E-state index is 11.8. The van der Waals surface area contributed by atoms with Gasteiger partial charge in [-0.25, -0.2) is 14.3 Å². The lowest BCUT2D eigenvalue weighted by Gasteiger charge is -2.33. The van der Waals surface area contributed by atoms with Crippen LogP contribution in [0.4, 0.5) is 5.69 Å². The Morgan fingerprint density at radius 1 is 1.58 bits per heavy atom. The molecule has 1 aromatic rings. The van der Waals surface area contributed by atoms with E-state index in [1.807, 2.05) is 5.43 Å². The molecule has 2 rings (SSSR count). The predicted octanol–water partition coefficient (Wildman–Crippen LogP) is -0.143. The van der Waals surface area contributed by atoms with E-state index in [0.29, 0.717) is 10.7 Å². The molecule has 0 saturated carbocycles. The Balaban J connectivity index is 2.49. The van der Waals surface area contributed by atoms with Gasteiger partial charge in [-0.2, -0.15) is 0 Å². The molecule has 9 heteroatoms. The number of hydrazine groups is 1. The van der Waals surface area contributed by atoms with Crippen molar-refractivity contribution in [2.45, 2.75) is 6.10 Å². The van der Waals surface area contributed by atoms with Crippen molar-refractivity contribution in [1.29, 1.82) is 0 Å². The molecule has 104 valence electrons. The molecule has 1 atom stereocenters. The Morgan fingerprint density at radius 3 is 2.84 bits per heavy atom. The number of carbonyl (C=O) groups excluding carboxylic acids is 1. The van der Waals surface area contributed by atoms with Crippen LogP contribution in [0.2, 0.25) is 5.02 Å². The molecule has 1 aromatic carbocycles. The summed E-state index contributed by atoms with van der Waals surface area (Å²) in [7, 11) is -3.56. The summed E-state index contributed by atoms with van der Waals surface area (Å²) in [5.41, 5.74) is 2.24. The number of nitrogens with two attached hydrogens (primary N) is 1. The van der Waals surface area contributed by atoms with E-state index in [1.54, 1.807) is 6.07 Å². The zero-order chi connectivity index (χ0) is 14.2. The average Bonchev–Trinajstić information content (AvgIpc) is 2.35. The van der Waals surface area contributed by atoms with Gasteiger partial charge in [-0.15, -0.1) is 0 Å². The van der Waals surface area contributed by atoms with Crippen molar-refractivity contribution >= 4 is 33.2 Å². The molecule has 1 aliphatic heterocycles. The molecule has 0 spiro atoms. The zero-order valence-electron chi connectivity index (χ0n) is 9.96. The number of halogens is 1. The number of sulfonamides is 1. The van der Waals surface area contributed by atoms with Crippen molar-refractivity contribution in [2.24, 2.45) is 5.84 Å². The highest BCUT2D eigenvalue weighted by Gasteiger charge is 2.34. The third-order valence-corrected chi connectivity index (χ3v) is 4.01. The van der Waals surface area contributed by atoms with E-state index < -0.39 is 22.0 Å². The second kappa shape index (κ2) is 4.87. The predicted molar refractivity (Wildman–Crippen MR) is 70.4 cm³/mol. The Kier molecular flexibility index (Phi) is 3.57. The Bertz CT molecular complexity index is 619. The minimum Gasteiger partial charge on any atom is -0.476 e. The monoisotopic (exact) mass is 305 g/mol. The highest BCUT2D eigenvalue weighted by molar-refractivity contribution is 7.92. The smallest absolute Gasteiger partial charge is 0.276 e. The molecule has 3 N–H and O–H groups in total. The van der Waals surface area contributed by atoms with Crippen LogP contribution in [0.5, 0.6) is 5.75 Å². The number of anilines is 1. The fraction of sp³-hybridized carbons (Fsp3) is 0.300. The average molecular weight is 306 g/mol. The summed E-state index contributed by atoms with van der Waals surface area (Å²) >= 11 is 5.84. The van der Waals surface area contributed by atoms with E-state index in [2.05, 4.69) is 0 Å². The van der Waals surface area contributed by atoms with Crippen LogP contribution in [-0.2, 0) is 14.8 Å². The first-order valence-corrected chi connectivity index (χ1v) is 7.50. The minimum absolute atomic E-state index is 0.158. The van der Waals surface area contributed by atoms with Crippen LogP contribution >= 0.6 is 11.6 Å². The first kappa shape index (κ1) is 13.9. The molecule has 0 fully saturated rings. The van der Waals surface area contributed by atoms with E-state index in [9.17, 15) is 13.2 Å². The Labute approximate surface area is 115 Å². The molecule has 0 bridgehead atoms. The molecule has 1 aliphatic rings. The lowest BCUT2D eigenvalue weighted by molar-refractivity contribution is -0.127. The van der Waals surface area contributed by atoms with Gasteiger partial charge in [0.25, 0.3) is 5.91 Å². The highest BCUT2D eigenvalue weighted by atomic mass is 35.5. The largest absolute Gasteiger partial charge is 0.476 e. The molecule has 19 heavy (non-hydrogen) atoms. The fourth-order valence-corrected chi connectivity index (χ4v) is 2.84. The van der Waals surface area contributed by atoms with E-state index in [4.69, 9.17) is 22.2 Å². The van der Waals surface area contributed by atoms with Crippen molar-refractivity contribution in [1.82, 2.24) is 5.43 Å². The van der Waals surface area contributed by atoms with Gasteiger partial charge in [0.15, 0.2) is 6.10 Å². The topological polar surface area (TPSA) is 102 Å². The number of benzene rings is 1. The molecule has 0 radical (unpaired) electrons. The Hall–Kier alpha value is -1.51. The van der Waals surface area contributed by atoms with Gasteiger partial charge >= 0.3 is 0 Å². The van der Waals surface area contributed by atoms with E-state index in [1.165, 1.54) is 12.1 Å². The third-order valence-electron chi connectivity index (χ3n) is 2.63. The molecular formula is C10H12ClN3O4S. The van der Waals surface area contributed by atoms with Crippen LogP contribution in [0, 0.1) is 0 Å². The number of nitrogens with zero attached hydrogens (tertiary/aromatic N) is 1. The molecule has 0 aliphatic carbocycles. The second-order valence-electron chi connectivity index (χ2n) is 4.02. The van der Waals surface area contributed by atoms with E-state index >= 15 is 0 Å². The van der Waals surface area contributed by atoms with Gasteiger partial charge in [-0.3, -0.25) is 14.5 Å². The highest BCUT2D eigenvalue weighted by Crippen LogP contribution is 2.36. The van der Waals surface area contributed by atoms with Crippen LogP contribution < -0.4 is 20.3 Å². The number of nitrogens with one attached hydrogen (secondary N) is 1. The minimum atomic E-state index is -3.56. The number of rotatable bonds is 2. The van der Waals surface area contributed by atoms with Crippen LogP contribution in [0.1, 0.15) is 0 Å². The first-order chi connectivity index (χ1) is 8.82. The summed E-state index contributed by atoms with van der Waals surface area (Å²) in [5.74, 6) is 4.69. The van der Waals surface area contributed by atoms with Gasteiger partial charge in [0, 0.05) is 5.02 Å². The molecule has 0 saturated heterocycles. The van der Waals surface area contributed by atoms with E-state index in [0.717, 1.165) is 10.6 Å². The lowest BCUT2D eigenvalue weighted by atomic mass is 10.2. The van der Waals surface area contributed by atoms with Crippen molar-refractivity contribution < 1.29 is 17.9 Å². The van der Waals surface area contributed by atoms with Gasteiger partial charge in [0.1, 0.15) is 5.75 Å². The third kappa shape index (κ3) is 2.75. The number of hydrogen-bond acceptors (Lipinski definition) is 5. The van der Waals surface area contributed by atoms with Gasteiger partial charge in [-0.05, 0) is 18.2 Å². The van der Waals surface area contributed by atoms with Crippen LogP contribution in [0.15, 0.2) is 18.2 Å². The van der Waals surface area contributed by atoms with Crippen molar-refractivity contribution in [3.05, 3.63) is 23.2 Å². The summed E-state index contributed by atoms with van der Waals surface area (Å²) in [5, 5.41) is 0.373. The molecular weight excluding hydrogens is 294 g/mol. The molecule has 0 aromatic heterocycles. The quantitative estimate of drug-likeness (QED) is 0.450. The Morgan fingerprint density at radius 2 is 2.26 bits per heavy atom. The SMILES string of the molecule is CS(=O)(=O)N1C[C@@H](C(=O)NN)Oc2ccc(Cl)cc21. The lowest BCUT2D eigenvalue weighted by Crippen LogP contribution is -2.51. The maximum Gasteiger partial charge on any atom is 0.276 e. The zero-order valence-corrected chi connectivity index (χ0v) is 11.5. The van der Waals surface area contributed by atoms with Crippen molar-refractivity contribution in [3.8, 4) is 5.75 Å². The number of fused-ring (bicyclic) bond motifs is 1. The number of carbonyl (C=O) groups is 1. The first-order valence-electron chi connectivity index (χ1n) is 5.27. The molecule has 7 nitrogen and oxygen atoms in total. The van der Waals surface area contributed by atoms with Crippen molar-refractivity contribution in [2.75, 3.05) is 17.1 Å². The van der Waals surface area contributed by atoms with Crippen molar-refractivity contribution in [3.63, 3.8) is 0 Å².